The van der Waals surface area contributed by atoms with Gasteiger partial charge in [-0.05, 0) is 29.8 Å². The molecule has 0 spiro atoms. The average molecular weight is 323 g/mol. The summed E-state index contributed by atoms with van der Waals surface area (Å²) in [5.74, 6) is 0. The summed E-state index contributed by atoms with van der Waals surface area (Å²) in [7, 11) is 0. The van der Waals surface area contributed by atoms with Crippen LogP contribution in [0.2, 0.25) is 0 Å². The molecule has 0 aliphatic carbocycles. The van der Waals surface area contributed by atoms with E-state index in [-0.39, 0.29) is 0 Å². The second-order valence-electron chi connectivity index (χ2n) is 6.17. The van der Waals surface area contributed by atoms with Gasteiger partial charge >= 0.3 is 0 Å². The Morgan fingerprint density at radius 1 is 0.958 bits per heavy atom. The predicted molar refractivity (Wildman–Crippen MR) is 101 cm³/mol. The summed E-state index contributed by atoms with van der Waals surface area (Å²) >= 11 is 0. The summed E-state index contributed by atoms with van der Waals surface area (Å²) in [6, 6.07) is 13.1. The summed E-state index contributed by atoms with van der Waals surface area (Å²) in [6.45, 7) is 6.03. The zero-order chi connectivity index (χ0) is 16.6. The number of piperazine rings is 1. The molecule has 24 heavy (non-hydrogen) atoms. The first kappa shape index (κ1) is 16.7. The molecular weight excluding hydrogens is 296 g/mol. The fourth-order valence-electron chi connectivity index (χ4n) is 2.91. The number of hydrogen-bond acceptors (Lipinski definition) is 3. The van der Waals surface area contributed by atoms with Gasteiger partial charge in [-0.3, -0.25) is 0 Å². The second kappa shape index (κ2) is 8.62. The molecule has 1 aliphatic rings. The van der Waals surface area contributed by atoms with E-state index in [4.69, 9.17) is 5.73 Å². The van der Waals surface area contributed by atoms with E-state index in [2.05, 4.69) is 75.7 Å². The van der Waals surface area contributed by atoms with E-state index in [9.17, 15) is 0 Å². The predicted octanol–water partition coefficient (Wildman–Crippen LogP) is 1.90. The number of nitrogens with one attached hydrogen (secondary N) is 1. The molecule has 2 heterocycles. The maximum atomic E-state index is 5.55. The van der Waals surface area contributed by atoms with E-state index in [1.807, 2.05) is 0 Å². The topological polar surface area (TPSA) is 45.2 Å². The highest BCUT2D eigenvalue weighted by atomic mass is 15.2. The lowest BCUT2D eigenvalue weighted by molar-refractivity contribution is -0.697. The third-order valence-electron chi connectivity index (χ3n) is 4.38. The minimum absolute atomic E-state index is 0.735. The Morgan fingerprint density at radius 3 is 2.21 bits per heavy atom. The molecule has 1 fully saturated rings. The molecule has 0 radical (unpaired) electrons. The zero-order valence-electron chi connectivity index (χ0n) is 14.2. The summed E-state index contributed by atoms with van der Waals surface area (Å²) in [4.78, 5) is 2.43. The van der Waals surface area contributed by atoms with Crippen LogP contribution >= 0.6 is 0 Å². The molecule has 3 N–H and O–H groups in total. The Hall–Kier alpha value is -2.17. The number of hydrogen-bond donors (Lipinski definition) is 2. The van der Waals surface area contributed by atoms with Crippen LogP contribution in [-0.2, 0) is 6.54 Å². The van der Waals surface area contributed by atoms with Crippen LogP contribution in [0.5, 0.6) is 0 Å². The molecule has 4 heteroatoms. The van der Waals surface area contributed by atoms with Crippen LogP contribution in [0.15, 0.2) is 48.8 Å². The first-order valence-corrected chi connectivity index (χ1v) is 8.78. The minimum Gasteiger partial charge on any atom is -0.369 e. The number of aryl methyl sites for hydroxylation is 1. The van der Waals surface area contributed by atoms with Crippen molar-refractivity contribution in [3.63, 3.8) is 0 Å². The molecule has 1 saturated heterocycles. The van der Waals surface area contributed by atoms with Crippen LogP contribution in [0, 0.1) is 0 Å². The van der Waals surface area contributed by atoms with Crippen molar-refractivity contribution in [2.24, 2.45) is 5.73 Å². The molecule has 0 atom stereocenters. The number of benzene rings is 1. The smallest absolute Gasteiger partial charge is 0.169 e. The minimum atomic E-state index is 0.735. The molecule has 1 aromatic heterocycles. The van der Waals surface area contributed by atoms with Crippen LogP contribution in [0.25, 0.3) is 12.2 Å². The molecule has 2 aromatic rings. The number of nitrogens with zero attached hydrogens (tertiary/aromatic N) is 2. The summed E-state index contributed by atoms with van der Waals surface area (Å²) < 4.78 is 2.17. The van der Waals surface area contributed by atoms with E-state index < -0.39 is 0 Å². The monoisotopic (exact) mass is 323 g/mol. The van der Waals surface area contributed by atoms with Gasteiger partial charge in [0.25, 0.3) is 0 Å². The number of pyridine rings is 1. The summed E-state index contributed by atoms with van der Waals surface area (Å²) in [5.41, 5.74) is 9.30. The van der Waals surface area contributed by atoms with Crippen molar-refractivity contribution in [1.29, 1.82) is 0 Å². The molecular formula is C20H27N4+. The first-order chi connectivity index (χ1) is 11.8. The molecule has 0 saturated carbocycles. The summed E-state index contributed by atoms with van der Waals surface area (Å²) in [6.07, 6.45) is 9.57. The lowest BCUT2D eigenvalue weighted by atomic mass is 10.1. The van der Waals surface area contributed by atoms with E-state index >= 15 is 0 Å². The van der Waals surface area contributed by atoms with Crippen molar-refractivity contribution < 1.29 is 4.57 Å². The van der Waals surface area contributed by atoms with Gasteiger partial charge in [0.1, 0.15) is 6.54 Å². The number of anilines is 1. The molecule has 3 rings (SSSR count). The molecule has 0 unspecified atom stereocenters. The fourth-order valence-corrected chi connectivity index (χ4v) is 2.91. The molecule has 4 nitrogen and oxygen atoms in total. The van der Waals surface area contributed by atoms with Gasteiger partial charge in [-0.15, -0.1) is 0 Å². The Labute approximate surface area is 144 Å². The van der Waals surface area contributed by atoms with Crippen LogP contribution < -0.4 is 20.5 Å². The molecule has 126 valence electrons. The Kier molecular flexibility index (Phi) is 5.99. The van der Waals surface area contributed by atoms with Gasteiger partial charge < -0.3 is 16.0 Å². The molecule has 1 aliphatic heterocycles. The normalized spacial score (nSPS) is 15.1. The maximum Gasteiger partial charge on any atom is 0.169 e. The van der Waals surface area contributed by atoms with E-state index in [1.54, 1.807) is 0 Å². The van der Waals surface area contributed by atoms with Crippen molar-refractivity contribution in [3.05, 3.63) is 59.9 Å². The van der Waals surface area contributed by atoms with Gasteiger partial charge in [0.05, 0.1) is 0 Å². The first-order valence-electron chi connectivity index (χ1n) is 8.78. The van der Waals surface area contributed by atoms with Crippen molar-refractivity contribution >= 4 is 17.8 Å². The highest BCUT2D eigenvalue weighted by Gasteiger charge is 2.09. The van der Waals surface area contributed by atoms with E-state index in [1.165, 1.54) is 16.8 Å². The highest BCUT2D eigenvalue weighted by Crippen LogP contribution is 2.17. The maximum absolute atomic E-state index is 5.55. The SMILES string of the molecule is NCCC[n+]1ccc(/C=C/c2ccc(N3CCNCC3)cc2)cc1. The van der Waals surface area contributed by atoms with E-state index in [0.29, 0.717) is 0 Å². The van der Waals surface area contributed by atoms with Crippen molar-refractivity contribution in [2.75, 3.05) is 37.6 Å². The van der Waals surface area contributed by atoms with Gasteiger partial charge in [0, 0.05) is 50.4 Å². The Bertz CT molecular complexity index is 640. The number of nitrogens with two attached hydrogens (primary N) is 1. The summed E-state index contributed by atoms with van der Waals surface area (Å²) in [5, 5.41) is 3.39. The number of rotatable bonds is 6. The van der Waals surface area contributed by atoms with Gasteiger partial charge in [0.15, 0.2) is 12.4 Å². The third kappa shape index (κ3) is 4.66. The van der Waals surface area contributed by atoms with Gasteiger partial charge in [-0.25, -0.2) is 4.57 Å². The van der Waals surface area contributed by atoms with Crippen LogP contribution in [-0.4, -0.2) is 32.7 Å². The van der Waals surface area contributed by atoms with Crippen LogP contribution in [0.3, 0.4) is 0 Å². The molecule has 1 aromatic carbocycles. The van der Waals surface area contributed by atoms with Crippen molar-refractivity contribution in [2.45, 2.75) is 13.0 Å². The molecule has 0 amide bonds. The second-order valence-corrected chi connectivity index (χ2v) is 6.17. The lowest BCUT2D eigenvalue weighted by Crippen LogP contribution is -2.43. The van der Waals surface area contributed by atoms with Crippen molar-refractivity contribution in [3.8, 4) is 0 Å². The van der Waals surface area contributed by atoms with Crippen molar-refractivity contribution in [1.82, 2.24) is 5.32 Å². The highest BCUT2D eigenvalue weighted by molar-refractivity contribution is 5.70. The number of aromatic nitrogens is 1. The van der Waals surface area contributed by atoms with Crippen LogP contribution in [0.4, 0.5) is 5.69 Å². The Balaban J connectivity index is 1.59. The fraction of sp³-hybridized carbons (Fsp3) is 0.350. The zero-order valence-corrected chi connectivity index (χ0v) is 14.2. The van der Waals surface area contributed by atoms with Crippen LogP contribution in [0.1, 0.15) is 17.5 Å². The quantitative estimate of drug-likeness (QED) is 0.798. The third-order valence-corrected chi connectivity index (χ3v) is 4.38. The lowest BCUT2D eigenvalue weighted by Gasteiger charge is -2.29. The average Bonchev–Trinajstić information content (AvgIpc) is 2.67. The van der Waals surface area contributed by atoms with Gasteiger partial charge in [0.2, 0.25) is 0 Å². The standard InChI is InChI=1S/C20H27N4/c21-10-1-13-23-14-8-19(9-15-23)3-2-18-4-6-20(7-5-18)24-16-11-22-12-17-24/h2-9,14-15,22H,1,10-13,16-17,21H2/q+1. The molecule has 0 bridgehead atoms. The van der Waals surface area contributed by atoms with Gasteiger partial charge in [-0.2, -0.15) is 0 Å². The van der Waals surface area contributed by atoms with E-state index in [0.717, 1.165) is 45.7 Å². The Morgan fingerprint density at radius 2 is 1.58 bits per heavy atom. The van der Waals surface area contributed by atoms with Gasteiger partial charge in [-0.1, -0.05) is 24.3 Å². The largest absolute Gasteiger partial charge is 0.369 e.